The second kappa shape index (κ2) is 60.3. The molecule has 0 aromatic rings. The average molecular weight is 460 g/mol. The van der Waals surface area contributed by atoms with Gasteiger partial charge >= 0.3 is 0 Å². The van der Waals surface area contributed by atoms with E-state index in [9.17, 15) is 0 Å². The molecule has 0 bridgehead atoms. The van der Waals surface area contributed by atoms with Gasteiger partial charge in [0.25, 0.3) is 0 Å². The molecule has 0 rings (SSSR count). The molecule has 0 N–H and O–H groups in total. The normalized spacial score (nSPS) is 6.71. The molecule has 0 aromatic heterocycles. The zero-order valence-corrected chi connectivity index (χ0v) is 12.3. The van der Waals surface area contributed by atoms with Gasteiger partial charge in [-0.2, -0.15) is 0 Å². The Labute approximate surface area is 90.5 Å². The molecular formula is C13H37Rf-. The zero-order chi connectivity index (χ0) is 5.70. The molecule has 0 amide bonds. The standard InChI is InChI=1S/C7H13.6CH4.Rf/c1-4-6-7(3)5-2;;;;;;;/h1,4,7H,5-6H2,2-3H3;6*1H4;/q-1;;;;;;;. The maximum absolute atomic E-state index is 5.18. The summed E-state index contributed by atoms with van der Waals surface area (Å²) in [6.07, 6.45) is 4.01. The van der Waals surface area contributed by atoms with Crippen LogP contribution >= 0.6 is 0 Å². The van der Waals surface area contributed by atoms with E-state index in [2.05, 4.69) is 13.8 Å². The van der Waals surface area contributed by atoms with Crippen molar-refractivity contribution in [2.45, 2.75) is 71.2 Å². The predicted octanol–water partition coefficient (Wildman–Crippen LogP) is 6.23. The minimum atomic E-state index is 0. The second-order valence-electron chi connectivity index (χ2n) is 1.98. The molecule has 0 saturated heterocycles. The van der Waals surface area contributed by atoms with Crippen LogP contribution in [0, 0.1) is 12.5 Å². The fourth-order valence-corrected chi connectivity index (χ4v) is 0.399. The molecule has 1 heteroatoms. The van der Waals surface area contributed by atoms with Gasteiger partial charge in [-0.05, 0) is 5.92 Å². The van der Waals surface area contributed by atoms with Crippen LogP contribution in [0.5, 0.6) is 0 Å². The van der Waals surface area contributed by atoms with Crippen LogP contribution in [0.2, 0.25) is 0 Å². The van der Waals surface area contributed by atoms with Crippen LogP contribution < -0.4 is 0 Å². The monoisotopic (exact) mass is 460 g/mol. The molecule has 14 heavy (non-hydrogen) atoms. The molecule has 0 aliphatic carbocycles. The number of hydrogen-bond donors (Lipinski definition) is 0. The van der Waals surface area contributed by atoms with Crippen molar-refractivity contribution >= 4 is 0 Å². The fourth-order valence-electron chi connectivity index (χ4n) is 0.399. The van der Waals surface area contributed by atoms with E-state index in [1.165, 1.54) is 6.42 Å². The van der Waals surface area contributed by atoms with Gasteiger partial charge in [-0.3, -0.25) is 6.08 Å². The SMILES string of the molecule is C.C.C.C.C.C.[CH-]=CCC(C)CC.[Rf]. The Kier molecular flexibility index (Phi) is 336. The van der Waals surface area contributed by atoms with Crippen molar-refractivity contribution in [3.05, 3.63) is 12.7 Å². The van der Waals surface area contributed by atoms with E-state index in [4.69, 9.17) is 6.58 Å². The minimum absolute atomic E-state index is 0. The molecule has 0 spiro atoms. The summed E-state index contributed by atoms with van der Waals surface area (Å²) in [6.45, 7) is 9.55. The van der Waals surface area contributed by atoms with Gasteiger partial charge in [0.05, 0.1) is 0 Å². The van der Waals surface area contributed by atoms with Crippen molar-refractivity contribution in [1.29, 1.82) is 0 Å². The Morgan fingerprint density at radius 3 is 1.36 bits per heavy atom. The molecule has 1 atom stereocenters. The van der Waals surface area contributed by atoms with Crippen LogP contribution in [-0.4, -0.2) is 0 Å². The van der Waals surface area contributed by atoms with E-state index in [1.54, 1.807) is 6.08 Å². The molecule has 92 valence electrons. The van der Waals surface area contributed by atoms with Crippen molar-refractivity contribution in [1.82, 2.24) is 0 Å². The van der Waals surface area contributed by atoms with E-state index in [0.29, 0.717) is 0 Å². The van der Waals surface area contributed by atoms with Gasteiger partial charge in [-0.1, -0.05) is 71.2 Å². The van der Waals surface area contributed by atoms with Crippen molar-refractivity contribution in [2.24, 2.45) is 5.92 Å². The predicted molar refractivity (Wildman–Crippen MR) is 73.3 cm³/mol. The van der Waals surface area contributed by atoms with Gasteiger partial charge < -0.3 is 6.58 Å². The molecular weight excluding hydrogens is 423 g/mol. The summed E-state index contributed by atoms with van der Waals surface area (Å²) in [5.74, 6) is 0.769. The first-order chi connectivity index (χ1) is 3.31. The maximum atomic E-state index is 5.18. The molecule has 0 heterocycles. The molecule has 0 aromatic carbocycles. The Morgan fingerprint density at radius 2 is 1.29 bits per heavy atom. The first-order valence-electron chi connectivity index (χ1n) is 2.84. The first-order valence-corrected chi connectivity index (χ1v) is 2.84. The number of hydrogen-bond acceptors (Lipinski definition) is 0. The zero-order valence-electron chi connectivity index (χ0n) is 5.85. The van der Waals surface area contributed by atoms with Crippen molar-refractivity contribution < 1.29 is 0 Å². The second-order valence-corrected chi connectivity index (χ2v) is 1.98. The van der Waals surface area contributed by atoms with Crippen LogP contribution in [0.4, 0.5) is 0 Å². The molecule has 0 aliphatic rings. The van der Waals surface area contributed by atoms with Gasteiger partial charge in [0.2, 0.25) is 0 Å². The summed E-state index contributed by atoms with van der Waals surface area (Å²) >= 11 is 0. The largest absolute Gasteiger partial charge is 0.518 e. The maximum Gasteiger partial charge on any atom is 0 e. The van der Waals surface area contributed by atoms with E-state index >= 15 is 0 Å². The van der Waals surface area contributed by atoms with Crippen molar-refractivity contribution in [2.75, 3.05) is 0 Å². The van der Waals surface area contributed by atoms with Crippen LogP contribution in [0.15, 0.2) is 6.08 Å². The molecule has 0 nitrogen and oxygen atoms in total. The van der Waals surface area contributed by atoms with Gasteiger partial charge in [-0.15, -0.1) is 0 Å². The van der Waals surface area contributed by atoms with Gasteiger partial charge in [0, 0.05) is 0 Å². The molecule has 0 radical (unpaired) electrons. The Hall–Kier alpha value is -1.26. The van der Waals surface area contributed by atoms with E-state index in [0.717, 1.165) is 12.3 Å². The van der Waals surface area contributed by atoms with Crippen molar-refractivity contribution in [3.8, 4) is 0 Å². The third-order valence-electron chi connectivity index (χ3n) is 1.24. The molecule has 0 saturated carbocycles. The molecule has 0 aliphatic heterocycles. The van der Waals surface area contributed by atoms with Gasteiger partial charge in [-0.25, -0.2) is 0 Å². The quantitative estimate of drug-likeness (QED) is 0.438. The third kappa shape index (κ3) is 72.8. The summed E-state index contributed by atoms with van der Waals surface area (Å²) in [4.78, 5) is 0. The van der Waals surface area contributed by atoms with Crippen LogP contribution in [0.1, 0.15) is 71.2 Å². The Balaban J connectivity index is -0.00000000857. The summed E-state index contributed by atoms with van der Waals surface area (Å²) in [5.41, 5.74) is 0. The van der Waals surface area contributed by atoms with Crippen molar-refractivity contribution in [3.63, 3.8) is 0 Å². The first kappa shape index (κ1) is 78.2. The Morgan fingerprint density at radius 1 is 1.00 bits per heavy atom. The van der Waals surface area contributed by atoms with E-state index in [1.807, 2.05) is 0 Å². The molecule has 0 fully saturated rings. The summed E-state index contributed by atoms with van der Waals surface area (Å²) in [6, 6.07) is 0. The minimum Gasteiger partial charge on any atom is -0.518 e. The van der Waals surface area contributed by atoms with Gasteiger partial charge in [0.15, 0.2) is 0 Å². The smallest absolute Gasteiger partial charge is 0 e. The fraction of sp³-hybridized carbons (Fsp3) is 0.846. The van der Waals surface area contributed by atoms with E-state index < -0.39 is 0 Å². The third-order valence-corrected chi connectivity index (χ3v) is 1.24. The number of rotatable bonds is 3. The topological polar surface area (TPSA) is 0 Å². The van der Waals surface area contributed by atoms with Crippen LogP contribution in [0.25, 0.3) is 0 Å². The summed E-state index contributed by atoms with van der Waals surface area (Å²) in [5, 5.41) is 0. The molecule has 1 unspecified atom stereocenters. The Bertz CT molecular complexity index is 51.2. The average Bonchev–Trinajstić information content (AvgIpc) is 1.68. The van der Waals surface area contributed by atoms with Crippen LogP contribution in [0.3, 0.4) is 0 Å². The van der Waals surface area contributed by atoms with Crippen LogP contribution in [-0.2, 0) is 0 Å². The van der Waals surface area contributed by atoms with Gasteiger partial charge in [0.1, 0.15) is 0 Å². The van der Waals surface area contributed by atoms with E-state index in [-0.39, 0.29) is 44.6 Å². The number of allylic oxidation sites excluding steroid dienone is 1. The summed E-state index contributed by atoms with van der Waals surface area (Å²) < 4.78 is 0. The summed E-state index contributed by atoms with van der Waals surface area (Å²) in [7, 11) is 0.